The van der Waals surface area contributed by atoms with E-state index in [9.17, 15) is 9.59 Å². The molecule has 1 atom stereocenters. The number of aryl methyl sites for hydroxylation is 1. The van der Waals surface area contributed by atoms with E-state index >= 15 is 0 Å². The Bertz CT molecular complexity index is 1060. The predicted octanol–water partition coefficient (Wildman–Crippen LogP) is 4.13. The average molecular weight is 449 g/mol. The quantitative estimate of drug-likeness (QED) is 0.664. The molecule has 1 aromatic carbocycles. The minimum atomic E-state index is -0.0997. The van der Waals surface area contributed by atoms with Crippen molar-refractivity contribution in [2.24, 2.45) is 5.92 Å². The molecule has 3 heterocycles. The molecule has 0 radical (unpaired) electrons. The molecule has 1 unspecified atom stereocenters. The van der Waals surface area contributed by atoms with Crippen LogP contribution in [0.3, 0.4) is 0 Å². The fourth-order valence-electron chi connectivity index (χ4n) is 5.57. The van der Waals surface area contributed by atoms with Gasteiger partial charge in [0.2, 0.25) is 11.8 Å². The first-order chi connectivity index (χ1) is 16.0. The monoisotopic (exact) mass is 448 g/mol. The predicted molar refractivity (Wildman–Crippen MR) is 125 cm³/mol. The Balaban J connectivity index is 1.40. The van der Waals surface area contributed by atoms with Crippen molar-refractivity contribution < 1.29 is 14.3 Å². The van der Waals surface area contributed by atoms with E-state index in [1.807, 2.05) is 36.1 Å². The molecular formula is C26H32N4O3. The Kier molecular flexibility index (Phi) is 6.04. The second-order valence-corrected chi connectivity index (χ2v) is 9.58. The second kappa shape index (κ2) is 9.12. The van der Waals surface area contributed by atoms with Gasteiger partial charge in [-0.05, 0) is 56.2 Å². The third-order valence-electron chi connectivity index (χ3n) is 7.38. The lowest BCUT2D eigenvalue weighted by molar-refractivity contribution is -0.133. The minimum Gasteiger partial charge on any atom is -0.497 e. The number of methoxy groups -OCH3 is 1. The summed E-state index contributed by atoms with van der Waals surface area (Å²) >= 11 is 0. The van der Waals surface area contributed by atoms with Gasteiger partial charge in [-0.2, -0.15) is 0 Å². The van der Waals surface area contributed by atoms with Crippen molar-refractivity contribution in [2.75, 3.05) is 18.6 Å². The summed E-state index contributed by atoms with van der Waals surface area (Å²) in [6, 6.07) is 7.66. The Morgan fingerprint density at radius 3 is 2.76 bits per heavy atom. The molecule has 2 aromatic rings. The van der Waals surface area contributed by atoms with Gasteiger partial charge in [-0.3, -0.25) is 14.5 Å². The van der Waals surface area contributed by atoms with Gasteiger partial charge in [0.25, 0.3) is 0 Å². The van der Waals surface area contributed by atoms with Crippen molar-refractivity contribution in [2.45, 2.75) is 70.9 Å². The Morgan fingerprint density at radius 2 is 1.97 bits per heavy atom. The van der Waals surface area contributed by atoms with Crippen LogP contribution in [-0.4, -0.2) is 40.3 Å². The number of likely N-dealkylation sites (tertiary alicyclic amines) is 1. The third kappa shape index (κ3) is 4.33. The lowest BCUT2D eigenvalue weighted by atomic mass is 10.0. The summed E-state index contributed by atoms with van der Waals surface area (Å²) in [4.78, 5) is 39.5. The number of benzene rings is 1. The second-order valence-electron chi connectivity index (χ2n) is 9.58. The Morgan fingerprint density at radius 1 is 1.15 bits per heavy atom. The third-order valence-corrected chi connectivity index (χ3v) is 7.38. The van der Waals surface area contributed by atoms with Gasteiger partial charge in [0.05, 0.1) is 26.1 Å². The number of amides is 2. The lowest BCUT2D eigenvalue weighted by Gasteiger charge is -2.26. The molecular weight excluding hydrogens is 416 g/mol. The number of ether oxygens (including phenoxy) is 1. The number of carbonyl (C=O) groups excluding carboxylic acids is 2. The SMILES string of the molecule is COc1cccc(CN2C(=O)Cc3c(C)nc(C4CCCN4C(=O)CC4CCCC4)nc32)c1. The van der Waals surface area contributed by atoms with Crippen LogP contribution in [0.2, 0.25) is 0 Å². The fraction of sp³-hybridized carbons (Fsp3) is 0.538. The van der Waals surface area contributed by atoms with Gasteiger partial charge in [0.15, 0.2) is 5.82 Å². The molecule has 174 valence electrons. The number of fused-ring (bicyclic) bond motifs is 1. The Hall–Kier alpha value is -2.96. The highest BCUT2D eigenvalue weighted by Gasteiger charge is 2.37. The molecule has 7 nitrogen and oxygen atoms in total. The molecule has 5 rings (SSSR count). The highest BCUT2D eigenvalue weighted by molar-refractivity contribution is 6.00. The van der Waals surface area contributed by atoms with E-state index in [0.717, 1.165) is 42.0 Å². The van der Waals surface area contributed by atoms with Crippen LogP contribution in [0.15, 0.2) is 24.3 Å². The zero-order valence-electron chi connectivity index (χ0n) is 19.5. The standard InChI is InChI=1S/C26H32N4O3/c1-17-21-15-24(32)30(16-19-9-5-10-20(13-19)33-2)26(21)28-25(27-17)22-11-6-12-29(22)23(31)14-18-7-3-4-8-18/h5,9-10,13,18,22H,3-4,6-8,11-12,14-16H2,1-2H3. The molecule has 0 N–H and O–H groups in total. The average Bonchev–Trinajstić information content (AvgIpc) is 3.56. The summed E-state index contributed by atoms with van der Waals surface area (Å²) in [5.74, 6) is 2.92. The number of carbonyl (C=O) groups is 2. The minimum absolute atomic E-state index is 0.0305. The molecule has 7 heteroatoms. The molecule has 0 spiro atoms. The van der Waals surface area contributed by atoms with E-state index in [1.54, 1.807) is 12.0 Å². The summed E-state index contributed by atoms with van der Waals surface area (Å²) in [5, 5.41) is 0. The van der Waals surface area contributed by atoms with Crippen molar-refractivity contribution in [3.63, 3.8) is 0 Å². The first-order valence-corrected chi connectivity index (χ1v) is 12.1. The maximum Gasteiger partial charge on any atom is 0.233 e. The first kappa shape index (κ1) is 21.9. The zero-order chi connectivity index (χ0) is 22.9. The van der Waals surface area contributed by atoms with Crippen LogP contribution in [-0.2, 0) is 22.6 Å². The number of aromatic nitrogens is 2. The molecule has 1 aliphatic carbocycles. The maximum atomic E-state index is 13.1. The number of hydrogen-bond acceptors (Lipinski definition) is 5. The van der Waals surface area contributed by atoms with Crippen molar-refractivity contribution in [1.82, 2.24) is 14.9 Å². The van der Waals surface area contributed by atoms with E-state index in [4.69, 9.17) is 14.7 Å². The van der Waals surface area contributed by atoms with Gasteiger partial charge in [-0.25, -0.2) is 9.97 Å². The molecule has 2 amide bonds. The van der Waals surface area contributed by atoms with Crippen LogP contribution in [0.5, 0.6) is 5.75 Å². The smallest absolute Gasteiger partial charge is 0.233 e. The van der Waals surface area contributed by atoms with E-state index in [-0.39, 0.29) is 17.9 Å². The largest absolute Gasteiger partial charge is 0.497 e. The van der Waals surface area contributed by atoms with E-state index in [0.29, 0.717) is 36.9 Å². The van der Waals surface area contributed by atoms with Crippen molar-refractivity contribution in [3.8, 4) is 5.75 Å². The number of nitrogens with zero attached hydrogens (tertiary/aromatic N) is 4. The van der Waals surface area contributed by atoms with Gasteiger partial charge in [0.1, 0.15) is 11.6 Å². The summed E-state index contributed by atoms with van der Waals surface area (Å²) in [6.45, 7) is 3.15. The van der Waals surface area contributed by atoms with Crippen molar-refractivity contribution >= 4 is 17.6 Å². The zero-order valence-corrected chi connectivity index (χ0v) is 19.5. The Labute approximate surface area is 195 Å². The molecule has 33 heavy (non-hydrogen) atoms. The van der Waals surface area contributed by atoms with Gasteiger partial charge < -0.3 is 9.64 Å². The summed E-state index contributed by atoms with van der Waals surface area (Å²) in [5.41, 5.74) is 2.72. The van der Waals surface area contributed by atoms with Crippen molar-refractivity contribution in [3.05, 3.63) is 46.9 Å². The molecule has 2 fully saturated rings. The highest BCUT2D eigenvalue weighted by atomic mass is 16.5. The summed E-state index contributed by atoms with van der Waals surface area (Å²) < 4.78 is 5.34. The van der Waals surface area contributed by atoms with Crippen LogP contribution in [0.1, 0.15) is 73.6 Å². The summed E-state index contributed by atoms with van der Waals surface area (Å²) in [7, 11) is 1.64. The lowest BCUT2D eigenvalue weighted by Crippen LogP contribution is -2.33. The van der Waals surface area contributed by atoms with Crippen LogP contribution in [0.25, 0.3) is 0 Å². The fourth-order valence-corrected chi connectivity index (χ4v) is 5.57. The van der Waals surface area contributed by atoms with Gasteiger partial charge in [-0.1, -0.05) is 25.0 Å². The van der Waals surface area contributed by atoms with E-state index < -0.39 is 0 Å². The topological polar surface area (TPSA) is 75.6 Å². The van der Waals surface area contributed by atoms with Crippen LogP contribution >= 0.6 is 0 Å². The number of hydrogen-bond donors (Lipinski definition) is 0. The van der Waals surface area contributed by atoms with Crippen LogP contribution < -0.4 is 9.64 Å². The molecule has 1 saturated carbocycles. The van der Waals surface area contributed by atoms with Gasteiger partial charge in [0, 0.05) is 24.2 Å². The molecule has 3 aliphatic rings. The molecule has 1 saturated heterocycles. The van der Waals surface area contributed by atoms with E-state index in [1.165, 1.54) is 25.7 Å². The van der Waals surface area contributed by atoms with Gasteiger partial charge >= 0.3 is 0 Å². The van der Waals surface area contributed by atoms with E-state index in [2.05, 4.69) is 0 Å². The normalized spacial score (nSPS) is 20.5. The molecule has 0 bridgehead atoms. The maximum absolute atomic E-state index is 13.1. The van der Waals surface area contributed by atoms with Crippen LogP contribution in [0, 0.1) is 12.8 Å². The molecule has 2 aliphatic heterocycles. The van der Waals surface area contributed by atoms with Crippen LogP contribution in [0.4, 0.5) is 5.82 Å². The van der Waals surface area contributed by atoms with Gasteiger partial charge in [-0.15, -0.1) is 0 Å². The highest BCUT2D eigenvalue weighted by Crippen LogP contribution is 2.37. The van der Waals surface area contributed by atoms with Crippen molar-refractivity contribution in [1.29, 1.82) is 0 Å². The number of anilines is 1. The number of rotatable bonds is 6. The first-order valence-electron chi connectivity index (χ1n) is 12.1. The molecule has 1 aromatic heterocycles. The summed E-state index contributed by atoms with van der Waals surface area (Å²) in [6.07, 6.45) is 7.62.